The molecule has 0 aromatic carbocycles. The molecule has 0 aliphatic heterocycles. The molecule has 10 heteroatoms. The third-order valence-corrected chi connectivity index (χ3v) is 1.77. The van der Waals surface area contributed by atoms with Gasteiger partial charge >= 0.3 is 5.97 Å². The molecule has 17 heavy (non-hydrogen) atoms. The summed E-state index contributed by atoms with van der Waals surface area (Å²) in [5.41, 5.74) is 7.07. The quantitative estimate of drug-likeness (QED) is 0.146. The van der Waals surface area contributed by atoms with E-state index in [0.717, 1.165) is 6.21 Å². The van der Waals surface area contributed by atoms with Crippen LogP contribution in [0.1, 0.15) is 0 Å². The average Bonchev–Trinajstić information content (AvgIpc) is 2.25. The molecule has 98 valence electrons. The van der Waals surface area contributed by atoms with Crippen molar-refractivity contribution in [3.05, 3.63) is 0 Å². The molecular formula is C7H13N3O6S. The molecular weight excluding hydrogens is 254 g/mol. The fourth-order valence-corrected chi connectivity index (χ4v) is 0.853. The van der Waals surface area contributed by atoms with Crippen molar-refractivity contribution in [1.29, 1.82) is 0 Å². The Morgan fingerprint density at radius 2 is 1.82 bits per heavy atom. The molecule has 0 aliphatic rings. The number of carboxylic acid groups (broad SMARTS) is 1. The molecule has 0 saturated heterocycles. The molecule has 0 heterocycles. The number of nitrogens with two attached hydrogens (primary N) is 1. The van der Waals surface area contributed by atoms with Crippen molar-refractivity contribution in [3.63, 3.8) is 0 Å². The molecule has 9 nitrogen and oxygen atoms in total. The molecule has 0 aromatic rings. The van der Waals surface area contributed by atoms with Crippen LogP contribution in [0.5, 0.6) is 0 Å². The van der Waals surface area contributed by atoms with Crippen LogP contribution in [-0.4, -0.2) is 67.2 Å². The normalized spacial score (nSPS) is 18.4. The van der Waals surface area contributed by atoms with E-state index in [-0.39, 0.29) is 5.11 Å². The summed E-state index contributed by atoms with van der Waals surface area (Å²) < 4.78 is 0. The molecule has 0 bridgehead atoms. The summed E-state index contributed by atoms with van der Waals surface area (Å²) in [6.45, 7) is 0. The minimum Gasteiger partial charge on any atom is -0.479 e. The number of nitrogens with zero attached hydrogens (tertiary/aromatic N) is 1. The molecule has 0 saturated carbocycles. The second-order valence-corrected chi connectivity index (χ2v) is 3.45. The lowest BCUT2D eigenvalue weighted by molar-refractivity contribution is -0.160. The Balaban J connectivity index is 4.38. The van der Waals surface area contributed by atoms with Crippen molar-refractivity contribution in [3.8, 4) is 0 Å². The predicted molar refractivity (Wildman–Crippen MR) is 60.1 cm³/mol. The minimum absolute atomic E-state index is 0.186. The van der Waals surface area contributed by atoms with Gasteiger partial charge in [0.05, 0.1) is 6.21 Å². The van der Waals surface area contributed by atoms with Gasteiger partial charge < -0.3 is 31.3 Å². The maximum Gasteiger partial charge on any atom is 0.335 e. The van der Waals surface area contributed by atoms with Gasteiger partial charge in [-0.3, -0.25) is 5.43 Å². The lowest BCUT2D eigenvalue weighted by Crippen LogP contribution is -2.48. The summed E-state index contributed by atoms with van der Waals surface area (Å²) >= 11 is 4.38. The zero-order chi connectivity index (χ0) is 13.6. The van der Waals surface area contributed by atoms with E-state index in [0.29, 0.717) is 0 Å². The van der Waals surface area contributed by atoms with Crippen LogP contribution < -0.4 is 11.2 Å². The topological polar surface area (TPSA) is 169 Å². The third kappa shape index (κ3) is 5.51. The van der Waals surface area contributed by atoms with Crippen molar-refractivity contribution in [2.75, 3.05) is 0 Å². The van der Waals surface area contributed by atoms with Crippen LogP contribution in [0.3, 0.4) is 0 Å². The first-order valence-corrected chi connectivity index (χ1v) is 4.72. The Kier molecular flexibility index (Phi) is 6.53. The number of aliphatic carboxylic acids is 1. The van der Waals surface area contributed by atoms with Crippen LogP contribution in [0.25, 0.3) is 0 Å². The number of nitrogens with one attached hydrogen (secondary N) is 1. The standard InChI is InChI=1S/C7H13N3O6S/c8-7(17)10-9-1-2(11)3(12)4(13)5(14)6(15)16/h1-5,11-14H,(H,15,16)(H3,8,10,17)/b9-1-/t2-,3+,4-,5-/m0/s1. The number of aliphatic hydroxyl groups excluding tert-OH is 4. The summed E-state index contributed by atoms with van der Waals surface area (Å²) in [5.74, 6) is -1.73. The highest BCUT2D eigenvalue weighted by Gasteiger charge is 2.33. The molecule has 0 radical (unpaired) electrons. The van der Waals surface area contributed by atoms with Gasteiger partial charge in [-0.15, -0.1) is 0 Å². The Hall–Kier alpha value is -1.33. The van der Waals surface area contributed by atoms with Crippen LogP contribution >= 0.6 is 12.2 Å². The summed E-state index contributed by atoms with van der Waals surface area (Å²) in [4.78, 5) is 10.3. The lowest BCUT2D eigenvalue weighted by Gasteiger charge is -2.22. The fraction of sp³-hybridized carbons (Fsp3) is 0.571. The number of thiocarbonyl (C=S) groups is 1. The van der Waals surface area contributed by atoms with Gasteiger partial charge in [0.15, 0.2) is 11.2 Å². The SMILES string of the molecule is NC(=S)N/N=C\[C@H](O)[C@@H](O)[C@H](O)[C@H](O)C(=O)O. The average molecular weight is 267 g/mol. The molecule has 0 aliphatic carbocycles. The van der Waals surface area contributed by atoms with E-state index in [4.69, 9.17) is 21.1 Å². The number of hydrogen-bond donors (Lipinski definition) is 7. The molecule has 0 aromatic heterocycles. The van der Waals surface area contributed by atoms with Crippen LogP contribution in [-0.2, 0) is 4.79 Å². The van der Waals surface area contributed by atoms with Gasteiger partial charge in [0.25, 0.3) is 0 Å². The summed E-state index contributed by atoms with van der Waals surface area (Å²) in [7, 11) is 0. The van der Waals surface area contributed by atoms with E-state index < -0.39 is 30.4 Å². The van der Waals surface area contributed by atoms with Crippen LogP contribution in [0.15, 0.2) is 5.10 Å². The van der Waals surface area contributed by atoms with E-state index >= 15 is 0 Å². The van der Waals surface area contributed by atoms with Gasteiger partial charge in [-0.2, -0.15) is 5.10 Å². The number of hydrazone groups is 1. The van der Waals surface area contributed by atoms with Crippen LogP contribution in [0, 0.1) is 0 Å². The second kappa shape index (κ2) is 7.09. The van der Waals surface area contributed by atoms with Crippen molar-refractivity contribution in [2.45, 2.75) is 24.4 Å². The summed E-state index contributed by atoms with van der Waals surface area (Å²) in [6, 6.07) is 0. The molecule has 0 fully saturated rings. The highest BCUT2D eigenvalue weighted by molar-refractivity contribution is 7.80. The lowest BCUT2D eigenvalue weighted by atomic mass is 10.0. The first-order chi connectivity index (χ1) is 7.77. The van der Waals surface area contributed by atoms with Gasteiger partial charge in [-0.05, 0) is 12.2 Å². The van der Waals surface area contributed by atoms with E-state index in [1.54, 1.807) is 0 Å². The van der Waals surface area contributed by atoms with Crippen LogP contribution in [0.4, 0.5) is 0 Å². The van der Waals surface area contributed by atoms with E-state index in [2.05, 4.69) is 22.7 Å². The number of carboxylic acids is 1. The van der Waals surface area contributed by atoms with Crippen molar-refractivity contribution in [1.82, 2.24) is 5.43 Å². The Bertz CT molecular complexity index is 312. The van der Waals surface area contributed by atoms with Crippen LogP contribution in [0.2, 0.25) is 0 Å². The molecule has 4 atom stereocenters. The predicted octanol–water partition coefficient (Wildman–Crippen LogP) is -3.67. The van der Waals surface area contributed by atoms with Gasteiger partial charge in [0.2, 0.25) is 0 Å². The molecule has 0 unspecified atom stereocenters. The maximum atomic E-state index is 10.3. The highest BCUT2D eigenvalue weighted by atomic mass is 32.1. The number of hydrogen-bond acceptors (Lipinski definition) is 7. The van der Waals surface area contributed by atoms with E-state index in [9.17, 15) is 15.0 Å². The Morgan fingerprint density at radius 3 is 2.24 bits per heavy atom. The number of carbonyl (C=O) groups is 1. The second-order valence-electron chi connectivity index (χ2n) is 3.01. The van der Waals surface area contributed by atoms with Gasteiger partial charge in [-0.25, -0.2) is 4.79 Å². The maximum absolute atomic E-state index is 10.3. The minimum atomic E-state index is -2.23. The molecule has 0 spiro atoms. The molecule has 0 rings (SSSR count). The molecule has 0 amide bonds. The Labute approximate surface area is 101 Å². The largest absolute Gasteiger partial charge is 0.479 e. The van der Waals surface area contributed by atoms with Gasteiger partial charge in [0, 0.05) is 0 Å². The first-order valence-electron chi connectivity index (χ1n) is 4.31. The Morgan fingerprint density at radius 1 is 1.29 bits per heavy atom. The van der Waals surface area contributed by atoms with E-state index in [1.165, 1.54) is 0 Å². The molecule has 8 N–H and O–H groups in total. The number of aliphatic hydroxyl groups is 4. The summed E-state index contributed by atoms with van der Waals surface area (Å²) in [6.07, 6.45) is -7.20. The monoisotopic (exact) mass is 267 g/mol. The summed E-state index contributed by atoms with van der Waals surface area (Å²) in [5, 5.41) is 48.0. The smallest absolute Gasteiger partial charge is 0.335 e. The zero-order valence-electron chi connectivity index (χ0n) is 8.46. The van der Waals surface area contributed by atoms with Gasteiger partial charge in [0.1, 0.15) is 18.3 Å². The highest BCUT2D eigenvalue weighted by Crippen LogP contribution is 2.04. The zero-order valence-corrected chi connectivity index (χ0v) is 9.28. The van der Waals surface area contributed by atoms with E-state index in [1.807, 2.05) is 0 Å². The first kappa shape index (κ1) is 15.7. The fourth-order valence-electron chi connectivity index (χ4n) is 0.800. The number of rotatable bonds is 6. The van der Waals surface area contributed by atoms with Crippen molar-refractivity contribution >= 4 is 29.5 Å². The van der Waals surface area contributed by atoms with Gasteiger partial charge in [-0.1, -0.05) is 0 Å². The third-order valence-electron chi connectivity index (χ3n) is 1.68. The van der Waals surface area contributed by atoms with Crippen molar-refractivity contribution < 1.29 is 30.3 Å². The van der Waals surface area contributed by atoms with Crippen molar-refractivity contribution in [2.24, 2.45) is 10.8 Å².